The fourth-order valence-electron chi connectivity index (χ4n) is 3.36. The van der Waals surface area contributed by atoms with Crippen molar-refractivity contribution in [2.75, 3.05) is 39.3 Å². The van der Waals surface area contributed by atoms with E-state index in [1.165, 1.54) is 16.7 Å². The molecule has 2 aromatic rings. The Morgan fingerprint density at radius 2 is 1.58 bits per heavy atom. The van der Waals surface area contributed by atoms with Crippen molar-refractivity contribution in [3.8, 4) is 0 Å². The number of nitrogens with zero attached hydrogens (tertiary/aromatic N) is 2. The zero-order chi connectivity index (χ0) is 18.2. The second-order valence-electron chi connectivity index (χ2n) is 7.06. The first kappa shape index (κ1) is 18.6. The number of piperazine rings is 1. The van der Waals surface area contributed by atoms with Gasteiger partial charge < -0.3 is 10.2 Å². The van der Waals surface area contributed by atoms with Crippen LogP contribution in [0.1, 0.15) is 16.7 Å². The van der Waals surface area contributed by atoms with Crippen molar-refractivity contribution < 1.29 is 4.79 Å². The molecule has 0 spiro atoms. The van der Waals surface area contributed by atoms with E-state index in [-0.39, 0.29) is 5.91 Å². The van der Waals surface area contributed by atoms with Crippen LogP contribution in [0.5, 0.6) is 0 Å². The fourth-order valence-corrected chi connectivity index (χ4v) is 3.36. The largest absolute Gasteiger partial charge is 0.351 e. The minimum Gasteiger partial charge on any atom is -0.351 e. The lowest BCUT2D eigenvalue weighted by Gasteiger charge is -2.34. The summed E-state index contributed by atoms with van der Waals surface area (Å²) < 4.78 is 0. The van der Waals surface area contributed by atoms with Crippen LogP contribution >= 0.6 is 0 Å². The van der Waals surface area contributed by atoms with E-state index in [2.05, 4.69) is 64.5 Å². The number of hydrogen-bond donors (Lipinski definition) is 1. The van der Waals surface area contributed by atoms with Crippen LogP contribution < -0.4 is 5.32 Å². The Hall–Kier alpha value is -2.17. The number of carbonyl (C=O) groups excluding carboxylic acids is 1. The molecular formula is C22H29N3O. The van der Waals surface area contributed by atoms with Crippen molar-refractivity contribution in [1.29, 1.82) is 0 Å². The lowest BCUT2D eigenvalue weighted by atomic mass is 10.1. The maximum Gasteiger partial charge on any atom is 0.234 e. The highest BCUT2D eigenvalue weighted by Gasteiger charge is 2.18. The van der Waals surface area contributed by atoms with E-state index in [9.17, 15) is 4.79 Å². The Labute approximate surface area is 156 Å². The Kier molecular flexibility index (Phi) is 6.81. The van der Waals surface area contributed by atoms with Crippen molar-refractivity contribution in [1.82, 2.24) is 15.1 Å². The highest BCUT2D eigenvalue weighted by molar-refractivity contribution is 5.78. The van der Waals surface area contributed by atoms with Gasteiger partial charge in [0.1, 0.15) is 0 Å². The lowest BCUT2D eigenvalue weighted by molar-refractivity contribution is -0.122. The second-order valence-corrected chi connectivity index (χ2v) is 7.06. The zero-order valence-corrected chi connectivity index (χ0v) is 15.7. The molecule has 4 heteroatoms. The Bertz CT molecular complexity index is 694. The summed E-state index contributed by atoms with van der Waals surface area (Å²) in [6.07, 6.45) is 1.09. The summed E-state index contributed by atoms with van der Waals surface area (Å²) in [6.45, 7) is 8.30. The van der Waals surface area contributed by atoms with E-state index >= 15 is 0 Å². The first-order valence-corrected chi connectivity index (χ1v) is 9.50. The van der Waals surface area contributed by atoms with Gasteiger partial charge in [-0.05, 0) is 30.0 Å². The first-order chi connectivity index (χ1) is 12.7. The molecule has 0 aromatic heterocycles. The smallest absolute Gasteiger partial charge is 0.234 e. The van der Waals surface area contributed by atoms with Crippen LogP contribution in [0.2, 0.25) is 0 Å². The zero-order valence-electron chi connectivity index (χ0n) is 15.7. The van der Waals surface area contributed by atoms with Gasteiger partial charge in [0.15, 0.2) is 0 Å². The van der Waals surface area contributed by atoms with Gasteiger partial charge in [0.2, 0.25) is 5.91 Å². The predicted molar refractivity (Wildman–Crippen MR) is 106 cm³/mol. The maximum atomic E-state index is 12.2. The van der Waals surface area contributed by atoms with Gasteiger partial charge in [-0.3, -0.25) is 9.69 Å². The number of carbonyl (C=O) groups is 1. The molecule has 1 aliphatic rings. The summed E-state index contributed by atoms with van der Waals surface area (Å²) in [5, 5.41) is 3.05. The van der Waals surface area contributed by atoms with Gasteiger partial charge in [-0.25, -0.2) is 0 Å². The van der Waals surface area contributed by atoms with E-state index in [4.69, 9.17) is 0 Å². The molecule has 0 saturated carbocycles. The van der Waals surface area contributed by atoms with Crippen molar-refractivity contribution in [2.24, 2.45) is 0 Å². The van der Waals surface area contributed by atoms with Gasteiger partial charge in [0, 0.05) is 39.3 Å². The Balaban J connectivity index is 1.34. The van der Waals surface area contributed by atoms with Crippen molar-refractivity contribution >= 4 is 5.91 Å². The van der Waals surface area contributed by atoms with Crippen molar-refractivity contribution in [2.45, 2.75) is 19.9 Å². The summed E-state index contributed by atoms with van der Waals surface area (Å²) in [4.78, 5) is 17.0. The number of aryl methyl sites for hydroxylation is 1. The highest BCUT2D eigenvalue weighted by atomic mass is 16.2. The molecule has 26 heavy (non-hydrogen) atoms. The van der Waals surface area contributed by atoms with Crippen LogP contribution in [0.25, 0.3) is 0 Å². The van der Waals surface area contributed by atoms with E-state index in [1.807, 2.05) is 12.1 Å². The average Bonchev–Trinajstić information content (AvgIpc) is 2.68. The van der Waals surface area contributed by atoms with Crippen LogP contribution in [0, 0.1) is 6.92 Å². The molecular weight excluding hydrogens is 322 g/mol. The third-order valence-electron chi connectivity index (χ3n) is 5.13. The van der Waals surface area contributed by atoms with Gasteiger partial charge in [-0.1, -0.05) is 54.6 Å². The second kappa shape index (κ2) is 9.51. The molecule has 1 saturated heterocycles. The minimum absolute atomic E-state index is 0.117. The SMILES string of the molecule is Cc1ccccc1CNC(=O)CN1CCN(CCc2ccccc2)CC1. The fraction of sp³-hybridized carbons (Fsp3) is 0.409. The molecule has 0 radical (unpaired) electrons. The first-order valence-electron chi connectivity index (χ1n) is 9.50. The van der Waals surface area contributed by atoms with Crippen LogP contribution in [-0.2, 0) is 17.8 Å². The van der Waals surface area contributed by atoms with E-state index in [0.29, 0.717) is 13.1 Å². The van der Waals surface area contributed by atoms with E-state index in [1.54, 1.807) is 0 Å². The summed E-state index contributed by atoms with van der Waals surface area (Å²) in [5.74, 6) is 0.117. The number of benzene rings is 2. The molecule has 1 N–H and O–H groups in total. The van der Waals surface area contributed by atoms with Crippen LogP contribution in [0.15, 0.2) is 54.6 Å². The van der Waals surface area contributed by atoms with Gasteiger partial charge in [-0.2, -0.15) is 0 Å². The maximum absolute atomic E-state index is 12.2. The quantitative estimate of drug-likeness (QED) is 0.832. The normalized spacial score (nSPS) is 15.7. The van der Waals surface area contributed by atoms with Gasteiger partial charge in [-0.15, -0.1) is 0 Å². The molecule has 4 nitrogen and oxygen atoms in total. The predicted octanol–water partition coefficient (Wildman–Crippen LogP) is 2.47. The molecule has 1 heterocycles. The number of nitrogens with one attached hydrogen (secondary N) is 1. The molecule has 1 fully saturated rings. The van der Waals surface area contributed by atoms with E-state index in [0.717, 1.165) is 39.1 Å². The summed E-state index contributed by atoms with van der Waals surface area (Å²) in [6, 6.07) is 18.8. The summed E-state index contributed by atoms with van der Waals surface area (Å²) >= 11 is 0. The molecule has 2 aromatic carbocycles. The minimum atomic E-state index is 0.117. The number of amides is 1. The standard InChI is InChI=1S/C22H29N3O/c1-19-7-5-6-10-21(19)17-23-22(26)18-25-15-13-24(14-16-25)12-11-20-8-3-2-4-9-20/h2-10H,11-18H2,1H3,(H,23,26). The van der Waals surface area contributed by atoms with Gasteiger partial charge in [0.25, 0.3) is 0 Å². The monoisotopic (exact) mass is 351 g/mol. The number of hydrogen-bond acceptors (Lipinski definition) is 3. The van der Waals surface area contributed by atoms with Gasteiger partial charge >= 0.3 is 0 Å². The summed E-state index contributed by atoms with van der Waals surface area (Å²) in [7, 11) is 0. The molecule has 1 aliphatic heterocycles. The Morgan fingerprint density at radius 1 is 0.923 bits per heavy atom. The highest BCUT2D eigenvalue weighted by Crippen LogP contribution is 2.07. The van der Waals surface area contributed by atoms with Gasteiger partial charge in [0.05, 0.1) is 6.54 Å². The lowest BCUT2D eigenvalue weighted by Crippen LogP contribution is -2.49. The topological polar surface area (TPSA) is 35.6 Å². The molecule has 0 aliphatic carbocycles. The molecule has 1 amide bonds. The third kappa shape index (κ3) is 5.68. The number of rotatable bonds is 7. The van der Waals surface area contributed by atoms with Crippen LogP contribution in [0.4, 0.5) is 0 Å². The average molecular weight is 351 g/mol. The molecule has 0 unspecified atom stereocenters. The van der Waals surface area contributed by atoms with Crippen LogP contribution in [-0.4, -0.2) is 55.0 Å². The summed E-state index contributed by atoms with van der Waals surface area (Å²) in [5.41, 5.74) is 3.80. The van der Waals surface area contributed by atoms with Crippen molar-refractivity contribution in [3.63, 3.8) is 0 Å². The van der Waals surface area contributed by atoms with Crippen LogP contribution in [0.3, 0.4) is 0 Å². The Morgan fingerprint density at radius 3 is 2.31 bits per heavy atom. The third-order valence-corrected chi connectivity index (χ3v) is 5.13. The molecule has 3 rings (SSSR count). The van der Waals surface area contributed by atoms with Crippen molar-refractivity contribution in [3.05, 3.63) is 71.3 Å². The van der Waals surface area contributed by atoms with E-state index < -0.39 is 0 Å². The molecule has 0 bridgehead atoms. The molecule has 138 valence electrons. The molecule has 0 atom stereocenters.